The molecular weight excluding hydrogens is 631 g/mol. The van der Waals surface area contributed by atoms with Gasteiger partial charge in [-0.3, -0.25) is 0 Å². The first-order valence-corrected chi connectivity index (χ1v) is 17.6. The third kappa shape index (κ3) is 5.19. The molecule has 0 radical (unpaired) electrons. The Balaban J connectivity index is 1.13. The molecule has 0 bridgehead atoms. The third-order valence-corrected chi connectivity index (χ3v) is 10.1. The number of hydrogen-bond acceptors (Lipinski definition) is 3. The van der Waals surface area contributed by atoms with Crippen molar-refractivity contribution < 1.29 is 0 Å². The summed E-state index contributed by atoms with van der Waals surface area (Å²) in [4.78, 5) is 15.3. The van der Waals surface area contributed by atoms with Crippen molar-refractivity contribution in [2.75, 3.05) is 0 Å². The predicted octanol–water partition coefficient (Wildman–Crippen LogP) is 12.8. The molecule has 0 aliphatic carbocycles. The molecule has 0 saturated carbocycles. The van der Waals surface area contributed by atoms with Crippen LogP contribution in [0.1, 0.15) is 0 Å². The van der Waals surface area contributed by atoms with E-state index in [9.17, 15) is 0 Å². The largest absolute Gasteiger partial charge is 0.208 e. The Morgan fingerprint density at radius 3 is 1.46 bits per heavy atom. The van der Waals surface area contributed by atoms with Crippen molar-refractivity contribution in [2.45, 2.75) is 0 Å². The van der Waals surface area contributed by atoms with Crippen molar-refractivity contribution in [3.8, 4) is 56.4 Å². The van der Waals surface area contributed by atoms with Gasteiger partial charge < -0.3 is 0 Å². The smallest absolute Gasteiger partial charge is 0.164 e. The van der Waals surface area contributed by atoms with Gasteiger partial charge >= 0.3 is 0 Å². The molecule has 0 amide bonds. The van der Waals surface area contributed by atoms with Gasteiger partial charge in [-0.25, -0.2) is 15.0 Å². The predicted molar refractivity (Wildman–Crippen MR) is 217 cm³/mol. The zero-order chi connectivity index (χ0) is 34.4. The van der Waals surface area contributed by atoms with Crippen LogP contribution in [0.2, 0.25) is 0 Å². The van der Waals surface area contributed by atoms with Crippen LogP contribution < -0.4 is 0 Å². The Bertz CT molecular complexity index is 2930. The molecule has 3 heteroatoms. The summed E-state index contributed by atoms with van der Waals surface area (Å²) in [5, 5.41) is 9.73. The molecule has 9 aromatic carbocycles. The van der Waals surface area contributed by atoms with Gasteiger partial charge in [-0.05, 0) is 71.4 Å². The summed E-state index contributed by atoms with van der Waals surface area (Å²) in [7, 11) is 0. The van der Waals surface area contributed by atoms with Gasteiger partial charge in [0.2, 0.25) is 0 Å². The van der Waals surface area contributed by atoms with E-state index in [2.05, 4.69) is 182 Å². The monoisotopic (exact) mass is 661 g/mol. The van der Waals surface area contributed by atoms with E-state index >= 15 is 0 Å². The van der Waals surface area contributed by atoms with Crippen LogP contribution in [0.15, 0.2) is 188 Å². The lowest BCUT2D eigenvalue weighted by molar-refractivity contribution is 1.08. The lowest BCUT2D eigenvalue weighted by atomic mass is 9.89. The highest BCUT2D eigenvalue weighted by Crippen LogP contribution is 2.40. The zero-order valence-corrected chi connectivity index (χ0v) is 28.2. The van der Waals surface area contributed by atoms with E-state index in [0.717, 1.165) is 38.6 Å². The van der Waals surface area contributed by atoms with Crippen molar-refractivity contribution in [1.29, 1.82) is 0 Å². The Morgan fingerprint density at radius 1 is 0.250 bits per heavy atom. The van der Waals surface area contributed by atoms with Crippen LogP contribution in [-0.2, 0) is 0 Å². The van der Waals surface area contributed by atoms with Gasteiger partial charge in [0.05, 0.1) is 0 Å². The summed E-state index contributed by atoms with van der Waals surface area (Å²) in [5.74, 6) is 1.93. The van der Waals surface area contributed by atoms with Crippen LogP contribution >= 0.6 is 0 Å². The van der Waals surface area contributed by atoms with E-state index in [0.29, 0.717) is 17.5 Å². The molecule has 10 aromatic rings. The fourth-order valence-corrected chi connectivity index (χ4v) is 7.53. The molecule has 0 spiro atoms. The van der Waals surface area contributed by atoms with Crippen molar-refractivity contribution in [3.63, 3.8) is 0 Å². The summed E-state index contributed by atoms with van der Waals surface area (Å²) in [6.45, 7) is 0. The molecule has 3 nitrogen and oxygen atoms in total. The van der Waals surface area contributed by atoms with Crippen molar-refractivity contribution in [2.24, 2.45) is 0 Å². The summed E-state index contributed by atoms with van der Waals surface area (Å²) < 4.78 is 0. The number of fused-ring (bicyclic) bond motifs is 5. The fraction of sp³-hybridized carbons (Fsp3) is 0. The molecule has 242 valence electrons. The molecule has 10 rings (SSSR count). The van der Waals surface area contributed by atoms with E-state index < -0.39 is 0 Å². The summed E-state index contributed by atoms with van der Waals surface area (Å²) >= 11 is 0. The molecule has 0 fully saturated rings. The SMILES string of the molecule is c1ccc(-c2ccc(-c3nc(-c4ccc(-c5c6ccccc6cc6c5ccc5ccccc56)cc4)nc(-c4cccc5ccccc45)n3)cc2)cc1. The van der Waals surface area contributed by atoms with Crippen LogP contribution in [0.3, 0.4) is 0 Å². The molecule has 1 aromatic heterocycles. The minimum atomic E-state index is 0.639. The summed E-state index contributed by atoms with van der Waals surface area (Å²) in [6.07, 6.45) is 0. The maximum Gasteiger partial charge on any atom is 0.164 e. The molecule has 0 atom stereocenters. The Hall–Kier alpha value is -6.97. The summed E-state index contributed by atoms with van der Waals surface area (Å²) in [6, 6.07) is 66.5. The standard InChI is InChI=1S/C49H31N3/c1-2-11-32(12-3-1)33-21-25-37(26-22-33)47-50-48(52-49(51-47)44-20-10-16-34-13-4-7-17-40(34)44)38-27-23-36(24-28-38)46-42-19-9-6-15-39(42)31-45-41-18-8-5-14-35(41)29-30-43(45)46/h1-31H. The van der Waals surface area contributed by atoms with Gasteiger partial charge in [-0.15, -0.1) is 0 Å². The van der Waals surface area contributed by atoms with Crippen LogP contribution in [-0.4, -0.2) is 15.0 Å². The Labute approximate surface area is 301 Å². The van der Waals surface area contributed by atoms with Crippen LogP contribution in [0, 0.1) is 0 Å². The van der Waals surface area contributed by atoms with Gasteiger partial charge in [-0.2, -0.15) is 0 Å². The molecular formula is C49H31N3. The van der Waals surface area contributed by atoms with Gasteiger partial charge in [0, 0.05) is 16.7 Å². The first kappa shape index (κ1) is 29.9. The second kappa shape index (κ2) is 12.4. The Morgan fingerprint density at radius 2 is 0.750 bits per heavy atom. The third-order valence-electron chi connectivity index (χ3n) is 10.1. The minimum absolute atomic E-state index is 0.639. The molecule has 0 aliphatic heterocycles. The van der Waals surface area contributed by atoms with E-state index in [1.165, 1.54) is 43.4 Å². The molecule has 0 N–H and O–H groups in total. The molecule has 52 heavy (non-hydrogen) atoms. The lowest BCUT2D eigenvalue weighted by Crippen LogP contribution is -2.00. The van der Waals surface area contributed by atoms with E-state index in [-0.39, 0.29) is 0 Å². The maximum atomic E-state index is 5.13. The van der Waals surface area contributed by atoms with Gasteiger partial charge in [-0.1, -0.05) is 182 Å². The second-order valence-corrected chi connectivity index (χ2v) is 13.2. The first-order chi connectivity index (χ1) is 25.8. The van der Waals surface area contributed by atoms with E-state index in [1.54, 1.807) is 0 Å². The highest BCUT2D eigenvalue weighted by molar-refractivity contribution is 6.20. The van der Waals surface area contributed by atoms with Crippen LogP contribution in [0.4, 0.5) is 0 Å². The Kier molecular flexibility index (Phi) is 7.14. The number of benzene rings is 9. The van der Waals surface area contributed by atoms with Crippen LogP contribution in [0.5, 0.6) is 0 Å². The van der Waals surface area contributed by atoms with Gasteiger partial charge in [0.1, 0.15) is 0 Å². The number of hydrogen-bond donors (Lipinski definition) is 0. The quantitative estimate of drug-likeness (QED) is 0.136. The number of nitrogens with zero attached hydrogens (tertiary/aromatic N) is 3. The normalized spacial score (nSPS) is 11.5. The summed E-state index contributed by atoms with van der Waals surface area (Å²) in [5.41, 5.74) is 7.57. The minimum Gasteiger partial charge on any atom is -0.208 e. The lowest BCUT2D eigenvalue weighted by Gasteiger charge is -2.15. The molecule has 1 heterocycles. The first-order valence-electron chi connectivity index (χ1n) is 17.6. The number of rotatable bonds is 5. The molecule has 0 saturated heterocycles. The van der Waals surface area contributed by atoms with E-state index in [1.807, 2.05) is 6.07 Å². The fourth-order valence-electron chi connectivity index (χ4n) is 7.53. The second-order valence-electron chi connectivity index (χ2n) is 13.2. The van der Waals surface area contributed by atoms with Crippen molar-refractivity contribution in [3.05, 3.63) is 188 Å². The van der Waals surface area contributed by atoms with E-state index in [4.69, 9.17) is 15.0 Å². The molecule has 0 aliphatic rings. The van der Waals surface area contributed by atoms with Crippen molar-refractivity contribution >= 4 is 43.1 Å². The highest BCUT2D eigenvalue weighted by Gasteiger charge is 2.16. The van der Waals surface area contributed by atoms with Crippen LogP contribution in [0.25, 0.3) is 99.5 Å². The number of aromatic nitrogens is 3. The zero-order valence-electron chi connectivity index (χ0n) is 28.2. The van der Waals surface area contributed by atoms with Gasteiger partial charge in [0.15, 0.2) is 17.5 Å². The average molecular weight is 662 g/mol. The van der Waals surface area contributed by atoms with Crippen molar-refractivity contribution in [1.82, 2.24) is 15.0 Å². The highest BCUT2D eigenvalue weighted by atomic mass is 15.0. The average Bonchev–Trinajstić information content (AvgIpc) is 3.23. The van der Waals surface area contributed by atoms with Gasteiger partial charge in [0.25, 0.3) is 0 Å². The molecule has 0 unspecified atom stereocenters. The topological polar surface area (TPSA) is 38.7 Å². The maximum absolute atomic E-state index is 5.13.